The van der Waals surface area contributed by atoms with Gasteiger partial charge in [-0.25, -0.2) is 0 Å². The molecule has 2 aromatic rings. The van der Waals surface area contributed by atoms with Crippen LogP contribution >= 0.6 is 0 Å². The lowest BCUT2D eigenvalue weighted by Crippen LogP contribution is -2.32. The Bertz CT molecular complexity index is 574. The van der Waals surface area contributed by atoms with E-state index in [2.05, 4.69) is 63.2 Å². The number of para-hydroxylation sites is 1. The fraction of sp³-hybridized carbons (Fsp3) is 0.400. The standard InChI is InChI=1S/C20H27NO/c1-16-9-7-10-17(2)19(16)22-14-8-13-20(3,15-21)18-11-5-4-6-12-18/h4-7,9-12H,8,13-15,21H2,1-3H3. The van der Waals surface area contributed by atoms with Crippen LogP contribution in [0.25, 0.3) is 0 Å². The molecule has 2 nitrogen and oxygen atoms in total. The highest BCUT2D eigenvalue weighted by Crippen LogP contribution is 2.28. The number of ether oxygens (including phenoxy) is 1. The fourth-order valence-electron chi connectivity index (χ4n) is 2.87. The summed E-state index contributed by atoms with van der Waals surface area (Å²) in [6.45, 7) is 7.81. The van der Waals surface area contributed by atoms with Crippen molar-refractivity contribution in [3.05, 3.63) is 65.2 Å². The highest BCUT2D eigenvalue weighted by atomic mass is 16.5. The molecule has 0 bridgehead atoms. The molecule has 2 aromatic carbocycles. The van der Waals surface area contributed by atoms with E-state index in [9.17, 15) is 0 Å². The van der Waals surface area contributed by atoms with E-state index in [1.807, 2.05) is 6.07 Å². The third-order valence-corrected chi connectivity index (χ3v) is 4.45. The summed E-state index contributed by atoms with van der Waals surface area (Å²) in [5.74, 6) is 1.02. The summed E-state index contributed by atoms with van der Waals surface area (Å²) >= 11 is 0. The van der Waals surface area contributed by atoms with Crippen molar-refractivity contribution in [2.24, 2.45) is 5.73 Å². The van der Waals surface area contributed by atoms with Crippen LogP contribution in [0.4, 0.5) is 0 Å². The van der Waals surface area contributed by atoms with E-state index < -0.39 is 0 Å². The van der Waals surface area contributed by atoms with Gasteiger partial charge in [0.1, 0.15) is 5.75 Å². The number of hydrogen-bond acceptors (Lipinski definition) is 2. The van der Waals surface area contributed by atoms with Crippen LogP contribution in [-0.2, 0) is 5.41 Å². The molecule has 0 spiro atoms. The Morgan fingerprint density at radius 3 is 2.18 bits per heavy atom. The van der Waals surface area contributed by atoms with Gasteiger partial charge in [0.05, 0.1) is 6.61 Å². The minimum absolute atomic E-state index is 0.0192. The minimum atomic E-state index is 0.0192. The van der Waals surface area contributed by atoms with Gasteiger partial charge in [0.15, 0.2) is 0 Å². The summed E-state index contributed by atoms with van der Waals surface area (Å²) in [6.07, 6.45) is 2.02. The highest BCUT2D eigenvalue weighted by Gasteiger charge is 2.24. The Morgan fingerprint density at radius 2 is 1.59 bits per heavy atom. The average molecular weight is 297 g/mol. The second-order valence-electron chi connectivity index (χ2n) is 6.30. The van der Waals surface area contributed by atoms with Crippen molar-refractivity contribution in [1.29, 1.82) is 0 Å². The lowest BCUT2D eigenvalue weighted by molar-refractivity contribution is 0.282. The first kappa shape index (κ1) is 16.6. The second-order valence-corrected chi connectivity index (χ2v) is 6.30. The van der Waals surface area contributed by atoms with E-state index in [0.29, 0.717) is 6.54 Å². The second kappa shape index (κ2) is 7.46. The van der Waals surface area contributed by atoms with Gasteiger partial charge in [0, 0.05) is 12.0 Å². The zero-order valence-electron chi connectivity index (χ0n) is 13.9. The van der Waals surface area contributed by atoms with Gasteiger partial charge in [0.25, 0.3) is 0 Å². The Morgan fingerprint density at radius 1 is 0.955 bits per heavy atom. The van der Waals surface area contributed by atoms with Gasteiger partial charge in [0.2, 0.25) is 0 Å². The maximum Gasteiger partial charge on any atom is 0.125 e. The zero-order valence-corrected chi connectivity index (χ0v) is 13.9. The topological polar surface area (TPSA) is 35.2 Å². The monoisotopic (exact) mass is 297 g/mol. The molecule has 2 rings (SSSR count). The Labute approximate surface area is 134 Å². The fourth-order valence-corrected chi connectivity index (χ4v) is 2.87. The van der Waals surface area contributed by atoms with Crippen LogP contribution in [0.5, 0.6) is 5.75 Å². The van der Waals surface area contributed by atoms with Gasteiger partial charge in [-0.05, 0) is 43.4 Å². The van der Waals surface area contributed by atoms with Crippen LogP contribution < -0.4 is 10.5 Å². The van der Waals surface area contributed by atoms with E-state index in [1.54, 1.807) is 0 Å². The molecule has 0 heterocycles. The van der Waals surface area contributed by atoms with Crippen LogP contribution in [0.3, 0.4) is 0 Å². The molecule has 1 atom stereocenters. The quantitative estimate of drug-likeness (QED) is 0.770. The SMILES string of the molecule is Cc1cccc(C)c1OCCCC(C)(CN)c1ccccc1. The van der Waals surface area contributed by atoms with Crippen LogP contribution in [-0.4, -0.2) is 13.2 Å². The molecule has 0 aliphatic heterocycles. The molecule has 2 heteroatoms. The predicted octanol–water partition coefficient (Wildman–Crippen LogP) is 4.38. The van der Waals surface area contributed by atoms with E-state index in [0.717, 1.165) is 25.2 Å². The smallest absolute Gasteiger partial charge is 0.125 e. The van der Waals surface area contributed by atoms with Crippen LogP contribution in [0.15, 0.2) is 48.5 Å². The minimum Gasteiger partial charge on any atom is -0.493 e. The number of benzene rings is 2. The molecule has 0 saturated carbocycles. The summed E-state index contributed by atoms with van der Waals surface area (Å²) in [5, 5.41) is 0. The van der Waals surface area contributed by atoms with E-state index >= 15 is 0 Å². The van der Waals surface area contributed by atoms with Gasteiger partial charge in [-0.15, -0.1) is 0 Å². The zero-order chi connectivity index (χ0) is 16.0. The van der Waals surface area contributed by atoms with Crippen molar-refractivity contribution < 1.29 is 4.74 Å². The largest absolute Gasteiger partial charge is 0.493 e. The van der Waals surface area contributed by atoms with E-state index in [-0.39, 0.29) is 5.41 Å². The molecule has 2 N–H and O–H groups in total. The van der Waals surface area contributed by atoms with E-state index in [4.69, 9.17) is 10.5 Å². The first-order valence-electron chi connectivity index (χ1n) is 8.01. The first-order valence-corrected chi connectivity index (χ1v) is 8.01. The first-order chi connectivity index (χ1) is 10.6. The molecule has 0 saturated heterocycles. The van der Waals surface area contributed by atoms with E-state index in [1.165, 1.54) is 16.7 Å². The van der Waals surface area contributed by atoms with Crippen molar-refractivity contribution >= 4 is 0 Å². The van der Waals surface area contributed by atoms with Crippen molar-refractivity contribution in [3.8, 4) is 5.75 Å². The van der Waals surface area contributed by atoms with Gasteiger partial charge in [-0.1, -0.05) is 55.5 Å². The predicted molar refractivity (Wildman–Crippen MR) is 93.5 cm³/mol. The number of rotatable bonds is 7. The molecule has 0 radical (unpaired) electrons. The lowest BCUT2D eigenvalue weighted by Gasteiger charge is -2.28. The third-order valence-electron chi connectivity index (χ3n) is 4.45. The van der Waals surface area contributed by atoms with Crippen molar-refractivity contribution in [2.75, 3.05) is 13.2 Å². The normalized spacial score (nSPS) is 13.6. The van der Waals surface area contributed by atoms with Gasteiger partial charge >= 0.3 is 0 Å². The molecule has 0 aliphatic rings. The van der Waals surface area contributed by atoms with Crippen LogP contribution in [0.1, 0.15) is 36.5 Å². The molecule has 1 unspecified atom stereocenters. The molecule has 0 amide bonds. The molecule has 118 valence electrons. The van der Waals surface area contributed by atoms with Crippen molar-refractivity contribution in [1.82, 2.24) is 0 Å². The Hall–Kier alpha value is -1.80. The van der Waals surface area contributed by atoms with Gasteiger partial charge < -0.3 is 10.5 Å². The molecular formula is C20H27NO. The average Bonchev–Trinajstić information content (AvgIpc) is 2.54. The molecule has 0 aromatic heterocycles. The maximum atomic E-state index is 6.04. The summed E-state index contributed by atoms with van der Waals surface area (Å²) in [7, 11) is 0. The maximum absolute atomic E-state index is 6.04. The molecular weight excluding hydrogens is 270 g/mol. The lowest BCUT2D eigenvalue weighted by atomic mass is 9.79. The summed E-state index contributed by atoms with van der Waals surface area (Å²) < 4.78 is 6.00. The van der Waals surface area contributed by atoms with Crippen molar-refractivity contribution in [3.63, 3.8) is 0 Å². The highest BCUT2D eigenvalue weighted by molar-refractivity contribution is 5.39. The number of nitrogens with two attached hydrogens (primary N) is 1. The Balaban J connectivity index is 1.92. The van der Waals surface area contributed by atoms with Crippen molar-refractivity contribution in [2.45, 2.75) is 39.0 Å². The third kappa shape index (κ3) is 3.89. The van der Waals surface area contributed by atoms with Crippen LogP contribution in [0.2, 0.25) is 0 Å². The molecule has 0 fully saturated rings. The molecule has 0 aliphatic carbocycles. The van der Waals surface area contributed by atoms with Gasteiger partial charge in [-0.2, -0.15) is 0 Å². The summed E-state index contributed by atoms with van der Waals surface area (Å²) in [6, 6.07) is 16.8. The van der Waals surface area contributed by atoms with Gasteiger partial charge in [-0.3, -0.25) is 0 Å². The number of aryl methyl sites for hydroxylation is 2. The number of hydrogen-bond donors (Lipinski definition) is 1. The summed E-state index contributed by atoms with van der Waals surface area (Å²) in [5.41, 5.74) is 9.77. The van der Waals surface area contributed by atoms with Crippen LogP contribution in [0, 0.1) is 13.8 Å². The Kier molecular flexibility index (Phi) is 5.62. The summed E-state index contributed by atoms with van der Waals surface area (Å²) in [4.78, 5) is 0. The molecule has 22 heavy (non-hydrogen) atoms.